The molecule has 1 amide bonds. The molecule has 1 aromatic heterocycles. The van der Waals surface area contributed by atoms with Gasteiger partial charge >= 0.3 is 0 Å². The summed E-state index contributed by atoms with van der Waals surface area (Å²) < 4.78 is 11.5. The second-order valence-corrected chi connectivity index (χ2v) is 9.25. The van der Waals surface area contributed by atoms with Gasteiger partial charge in [-0.2, -0.15) is 0 Å². The highest BCUT2D eigenvalue weighted by atomic mass is 32.1. The molecule has 1 saturated carbocycles. The third kappa shape index (κ3) is 3.20. The Morgan fingerprint density at radius 2 is 1.82 bits per heavy atom. The lowest BCUT2D eigenvalue weighted by Gasteiger charge is -2.31. The van der Waals surface area contributed by atoms with Crippen LogP contribution in [0.5, 0.6) is 11.5 Å². The lowest BCUT2D eigenvalue weighted by Crippen LogP contribution is -2.39. The van der Waals surface area contributed by atoms with Gasteiger partial charge in [-0.25, -0.2) is 0 Å². The van der Waals surface area contributed by atoms with E-state index in [0.717, 1.165) is 42.7 Å². The summed E-state index contributed by atoms with van der Waals surface area (Å²) in [7, 11) is 0. The number of hydrogen-bond donors (Lipinski definition) is 1. The van der Waals surface area contributed by atoms with E-state index < -0.39 is 0 Å². The molecule has 3 aliphatic rings. The van der Waals surface area contributed by atoms with Crippen LogP contribution in [0, 0.1) is 0 Å². The summed E-state index contributed by atoms with van der Waals surface area (Å²) in [5, 5.41) is 5.36. The fraction of sp³-hybridized carbons (Fsp3) is 0.522. The number of thiophene rings is 1. The second-order valence-electron chi connectivity index (χ2n) is 8.29. The van der Waals surface area contributed by atoms with Gasteiger partial charge in [0.25, 0.3) is 5.91 Å². The number of carbonyl (C=O) groups is 1. The van der Waals surface area contributed by atoms with Gasteiger partial charge in [-0.3, -0.25) is 4.79 Å². The largest absolute Gasteiger partial charge is 0.486 e. The molecule has 2 aliphatic carbocycles. The zero-order chi connectivity index (χ0) is 19.0. The zero-order valence-corrected chi connectivity index (χ0v) is 17.0. The molecule has 1 aliphatic heterocycles. The smallest absolute Gasteiger partial charge is 0.252 e. The third-order valence-corrected chi connectivity index (χ3v) is 7.70. The molecule has 2 heterocycles. The number of rotatable bonds is 4. The van der Waals surface area contributed by atoms with Crippen molar-refractivity contribution in [1.82, 2.24) is 5.32 Å². The summed E-state index contributed by atoms with van der Waals surface area (Å²) in [6, 6.07) is 6.33. The Kier molecular flexibility index (Phi) is 4.79. The van der Waals surface area contributed by atoms with Crippen LogP contribution in [-0.4, -0.2) is 25.7 Å². The molecular weight excluding hydrogens is 370 g/mol. The second kappa shape index (κ2) is 7.43. The molecule has 2 aromatic rings. The molecule has 1 N–H and O–H groups in total. The van der Waals surface area contributed by atoms with E-state index in [-0.39, 0.29) is 11.3 Å². The van der Waals surface area contributed by atoms with Gasteiger partial charge in [0.05, 0.1) is 5.56 Å². The Morgan fingerprint density at radius 1 is 1.04 bits per heavy atom. The molecule has 0 atom stereocenters. The van der Waals surface area contributed by atoms with Gasteiger partial charge < -0.3 is 14.8 Å². The van der Waals surface area contributed by atoms with Crippen LogP contribution < -0.4 is 14.8 Å². The minimum absolute atomic E-state index is 0.00157. The van der Waals surface area contributed by atoms with E-state index in [2.05, 4.69) is 22.8 Å². The molecule has 0 radical (unpaired) electrons. The summed E-state index contributed by atoms with van der Waals surface area (Å²) >= 11 is 1.76. The summed E-state index contributed by atoms with van der Waals surface area (Å²) in [5.74, 6) is 1.77. The number of ether oxygens (including phenoxy) is 2. The monoisotopic (exact) mass is 397 g/mol. The highest BCUT2D eigenvalue weighted by Crippen LogP contribution is 2.44. The molecule has 148 valence electrons. The predicted molar refractivity (Wildman–Crippen MR) is 111 cm³/mol. The van der Waals surface area contributed by atoms with Crippen LogP contribution in [0.4, 0.5) is 0 Å². The number of carbonyl (C=O) groups excluding carboxylic acids is 1. The van der Waals surface area contributed by atoms with Crippen molar-refractivity contribution in [3.63, 3.8) is 0 Å². The number of nitrogens with one attached hydrogen (secondary N) is 1. The Labute approximate surface area is 170 Å². The first-order chi connectivity index (χ1) is 13.8. The molecule has 0 unspecified atom stereocenters. The van der Waals surface area contributed by atoms with E-state index in [1.165, 1.54) is 41.7 Å². The number of hydrogen-bond acceptors (Lipinski definition) is 4. The fourth-order valence-electron chi connectivity index (χ4n) is 5.02. The Balaban J connectivity index is 1.36. The maximum Gasteiger partial charge on any atom is 0.252 e. The summed E-state index contributed by atoms with van der Waals surface area (Å²) in [4.78, 5) is 14.4. The van der Waals surface area contributed by atoms with Crippen LogP contribution in [0.25, 0.3) is 0 Å². The van der Waals surface area contributed by atoms with Crippen LogP contribution in [0.3, 0.4) is 0 Å². The lowest BCUT2D eigenvalue weighted by molar-refractivity contribution is 0.0942. The first-order valence-electron chi connectivity index (χ1n) is 10.5. The first-order valence-corrected chi connectivity index (χ1v) is 11.4. The summed E-state index contributed by atoms with van der Waals surface area (Å²) in [6.45, 7) is 1.90. The Bertz CT molecular complexity index is 882. The van der Waals surface area contributed by atoms with Crippen LogP contribution >= 0.6 is 11.3 Å². The maximum atomic E-state index is 13.0. The molecule has 5 rings (SSSR count). The number of benzene rings is 1. The van der Waals surface area contributed by atoms with Crippen molar-refractivity contribution in [2.75, 3.05) is 19.8 Å². The van der Waals surface area contributed by atoms with Gasteiger partial charge in [0.2, 0.25) is 0 Å². The van der Waals surface area contributed by atoms with Crippen LogP contribution in [-0.2, 0) is 18.3 Å². The molecule has 0 saturated heterocycles. The van der Waals surface area contributed by atoms with Crippen molar-refractivity contribution >= 4 is 17.2 Å². The van der Waals surface area contributed by atoms with Gasteiger partial charge in [-0.1, -0.05) is 18.9 Å². The highest BCUT2D eigenvalue weighted by molar-refractivity contribution is 7.10. The lowest BCUT2D eigenvalue weighted by atomic mass is 9.78. The van der Waals surface area contributed by atoms with Gasteiger partial charge in [-0.15, -0.1) is 11.3 Å². The van der Waals surface area contributed by atoms with Crippen molar-refractivity contribution in [1.29, 1.82) is 0 Å². The Morgan fingerprint density at radius 3 is 2.68 bits per heavy atom. The van der Waals surface area contributed by atoms with Gasteiger partial charge in [0.1, 0.15) is 13.2 Å². The number of aryl methyl sites for hydroxylation is 1. The molecule has 28 heavy (non-hydrogen) atoms. The minimum Gasteiger partial charge on any atom is -0.486 e. The maximum absolute atomic E-state index is 13.0. The fourth-order valence-corrected chi connectivity index (χ4v) is 6.15. The van der Waals surface area contributed by atoms with E-state index in [0.29, 0.717) is 19.8 Å². The molecule has 0 bridgehead atoms. The topological polar surface area (TPSA) is 47.6 Å². The SMILES string of the molecule is O=C(NCC1(c2ccc3c(c2)OCCO3)CCCC1)c1csc2c1CCCC2. The highest BCUT2D eigenvalue weighted by Gasteiger charge is 2.37. The van der Waals surface area contributed by atoms with Crippen LogP contribution in [0.1, 0.15) is 64.9 Å². The quantitative estimate of drug-likeness (QED) is 0.818. The van der Waals surface area contributed by atoms with Gasteiger partial charge in [0, 0.05) is 22.2 Å². The van der Waals surface area contributed by atoms with Crippen molar-refractivity contribution in [3.8, 4) is 11.5 Å². The standard InChI is InChI=1S/C23H27NO3S/c25-22(18-14-28-21-6-2-1-5-17(18)21)24-15-23(9-3-4-10-23)16-7-8-19-20(13-16)27-12-11-26-19/h7-8,13-14H,1-6,9-12,15H2,(H,24,25). The number of amides is 1. The molecule has 1 fully saturated rings. The van der Waals surface area contributed by atoms with E-state index >= 15 is 0 Å². The Hall–Kier alpha value is -2.01. The molecule has 5 heteroatoms. The first kappa shape index (κ1) is 18.0. The predicted octanol–water partition coefficient (Wildman–Crippen LogP) is 4.64. The summed E-state index contributed by atoms with van der Waals surface area (Å²) in [6.07, 6.45) is 9.26. The molecule has 1 aromatic carbocycles. The minimum atomic E-state index is 0.00157. The zero-order valence-electron chi connectivity index (χ0n) is 16.2. The van der Waals surface area contributed by atoms with E-state index in [4.69, 9.17) is 9.47 Å². The van der Waals surface area contributed by atoms with Crippen molar-refractivity contribution in [3.05, 3.63) is 45.1 Å². The van der Waals surface area contributed by atoms with E-state index in [1.54, 1.807) is 11.3 Å². The molecule has 0 spiro atoms. The average Bonchev–Trinajstić information content (AvgIpc) is 3.40. The normalized spacial score (nSPS) is 19.9. The van der Waals surface area contributed by atoms with E-state index in [9.17, 15) is 4.79 Å². The van der Waals surface area contributed by atoms with E-state index in [1.807, 2.05) is 6.07 Å². The van der Waals surface area contributed by atoms with Crippen molar-refractivity contribution < 1.29 is 14.3 Å². The van der Waals surface area contributed by atoms with Crippen LogP contribution in [0.15, 0.2) is 23.6 Å². The molecular formula is C23H27NO3S. The third-order valence-electron chi connectivity index (χ3n) is 6.61. The summed E-state index contributed by atoms with van der Waals surface area (Å²) in [5.41, 5.74) is 3.48. The van der Waals surface area contributed by atoms with Gasteiger partial charge in [0.15, 0.2) is 11.5 Å². The van der Waals surface area contributed by atoms with Crippen molar-refractivity contribution in [2.24, 2.45) is 0 Å². The van der Waals surface area contributed by atoms with Crippen molar-refractivity contribution in [2.45, 2.75) is 56.8 Å². The molecule has 4 nitrogen and oxygen atoms in total. The number of fused-ring (bicyclic) bond motifs is 2. The van der Waals surface area contributed by atoms with Crippen LogP contribution in [0.2, 0.25) is 0 Å². The van der Waals surface area contributed by atoms with Gasteiger partial charge in [-0.05, 0) is 61.8 Å². The average molecular weight is 398 g/mol.